The number of carbonyl (C=O) groups excluding carboxylic acids is 2. The summed E-state index contributed by atoms with van der Waals surface area (Å²) in [5.74, 6) is -0.703. The van der Waals surface area contributed by atoms with Crippen molar-refractivity contribution in [3.63, 3.8) is 0 Å². The number of amides is 2. The van der Waals surface area contributed by atoms with E-state index in [1.165, 1.54) is 16.7 Å². The number of imide groups is 1. The zero-order chi connectivity index (χ0) is 20.4. The Kier molecular flexibility index (Phi) is 5.43. The molecule has 2 amide bonds. The number of benzene rings is 3. The standard InChI is InChI=1S/C23H17ClN2O2S/c1-25(17-8-4-2-5-9-17)20-21(29-19-10-6-3-7-11-19)23(28)26(22(20)27)18-14-12-16(24)13-15-18/h2-15H,1H3. The molecule has 0 N–H and O–H groups in total. The number of anilines is 2. The molecule has 0 bridgehead atoms. The zero-order valence-corrected chi connectivity index (χ0v) is 17.2. The van der Waals surface area contributed by atoms with Gasteiger partial charge in [-0.25, -0.2) is 4.90 Å². The number of carbonyl (C=O) groups is 2. The van der Waals surface area contributed by atoms with Crippen LogP contribution in [0.25, 0.3) is 0 Å². The first-order chi connectivity index (χ1) is 14.1. The van der Waals surface area contributed by atoms with Crippen LogP contribution >= 0.6 is 23.4 Å². The summed E-state index contributed by atoms with van der Waals surface area (Å²) in [6, 6.07) is 25.8. The Morgan fingerprint density at radius 3 is 2.00 bits per heavy atom. The molecule has 0 unspecified atom stereocenters. The molecule has 0 saturated carbocycles. The van der Waals surface area contributed by atoms with Crippen LogP contribution in [0.15, 0.2) is 100 Å². The Morgan fingerprint density at radius 1 is 0.793 bits per heavy atom. The van der Waals surface area contributed by atoms with Crippen LogP contribution in [0.5, 0.6) is 0 Å². The van der Waals surface area contributed by atoms with E-state index in [1.54, 1.807) is 36.2 Å². The van der Waals surface area contributed by atoms with Crippen molar-refractivity contribution in [2.75, 3.05) is 16.8 Å². The molecule has 4 rings (SSSR count). The number of halogens is 1. The minimum atomic E-state index is -0.359. The van der Waals surface area contributed by atoms with Crippen LogP contribution in [-0.2, 0) is 9.59 Å². The van der Waals surface area contributed by atoms with Crippen molar-refractivity contribution in [2.45, 2.75) is 4.90 Å². The third-order valence-electron chi connectivity index (χ3n) is 4.54. The number of hydrogen-bond acceptors (Lipinski definition) is 4. The van der Waals surface area contributed by atoms with Crippen LogP contribution in [0.2, 0.25) is 5.02 Å². The van der Waals surface area contributed by atoms with E-state index in [9.17, 15) is 9.59 Å². The molecular weight excluding hydrogens is 404 g/mol. The molecule has 1 aliphatic rings. The highest BCUT2D eigenvalue weighted by atomic mass is 35.5. The van der Waals surface area contributed by atoms with Crippen LogP contribution in [0.1, 0.15) is 0 Å². The van der Waals surface area contributed by atoms with Crippen molar-refractivity contribution in [3.05, 3.63) is 101 Å². The normalized spacial score (nSPS) is 13.9. The number of para-hydroxylation sites is 1. The third-order valence-corrected chi connectivity index (χ3v) is 5.88. The lowest BCUT2D eigenvalue weighted by Crippen LogP contribution is -2.34. The van der Waals surface area contributed by atoms with E-state index in [2.05, 4.69) is 0 Å². The van der Waals surface area contributed by atoms with Gasteiger partial charge in [0.15, 0.2) is 0 Å². The SMILES string of the molecule is CN(C1=C(Sc2ccccc2)C(=O)N(c2ccc(Cl)cc2)C1=O)c1ccccc1. The lowest BCUT2D eigenvalue weighted by molar-refractivity contribution is -0.120. The predicted octanol–water partition coefficient (Wildman–Crippen LogP) is 5.35. The number of rotatable bonds is 5. The number of likely N-dealkylation sites (N-methyl/N-ethyl adjacent to an activating group) is 1. The lowest BCUT2D eigenvalue weighted by Gasteiger charge is -2.21. The Hall–Kier alpha value is -3.02. The van der Waals surface area contributed by atoms with E-state index < -0.39 is 0 Å². The molecule has 29 heavy (non-hydrogen) atoms. The molecule has 0 saturated heterocycles. The fourth-order valence-corrected chi connectivity index (χ4v) is 4.25. The molecular formula is C23H17ClN2O2S. The highest BCUT2D eigenvalue weighted by Gasteiger charge is 2.42. The van der Waals surface area contributed by atoms with E-state index in [1.807, 2.05) is 60.7 Å². The van der Waals surface area contributed by atoms with Gasteiger partial charge in [-0.3, -0.25) is 9.59 Å². The highest BCUT2D eigenvalue weighted by molar-refractivity contribution is 8.04. The first-order valence-electron chi connectivity index (χ1n) is 8.96. The average molecular weight is 421 g/mol. The molecule has 0 atom stereocenters. The van der Waals surface area contributed by atoms with Crippen molar-refractivity contribution < 1.29 is 9.59 Å². The van der Waals surface area contributed by atoms with Gasteiger partial charge in [0, 0.05) is 22.7 Å². The molecule has 1 aliphatic heterocycles. The molecule has 6 heteroatoms. The van der Waals surface area contributed by atoms with Gasteiger partial charge in [-0.05, 0) is 48.5 Å². The number of nitrogens with zero attached hydrogens (tertiary/aromatic N) is 2. The molecule has 0 aliphatic carbocycles. The molecule has 3 aromatic carbocycles. The van der Waals surface area contributed by atoms with Gasteiger partial charge >= 0.3 is 0 Å². The minimum absolute atomic E-state index is 0.344. The second-order valence-electron chi connectivity index (χ2n) is 6.41. The average Bonchev–Trinajstić information content (AvgIpc) is 2.99. The van der Waals surface area contributed by atoms with Crippen molar-refractivity contribution in [2.24, 2.45) is 0 Å². The molecule has 3 aromatic rings. The van der Waals surface area contributed by atoms with Gasteiger partial charge in [0.2, 0.25) is 0 Å². The van der Waals surface area contributed by atoms with Gasteiger partial charge in [-0.15, -0.1) is 0 Å². The molecule has 144 valence electrons. The molecule has 1 heterocycles. The Morgan fingerprint density at radius 2 is 1.38 bits per heavy atom. The van der Waals surface area contributed by atoms with Gasteiger partial charge < -0.3 is 4.90 Å². The highest BCUT2D eigenvalue weighted by Crippen LogP contribution is 2.39. The van der Waals surface area contributed by atoms with Crippen molar-refractivity contribution in [3.8, 4) is 0 Å². The summed E-state index contributed by atoms with van der Waals surface area (Å²) in [6.45, 7) is 0. The van der Waals surface area contributed by atoms with E-state index in [-0.39, 0.29) is 11.8 Å². The molecule has 0 spiro atoms. The van der Waals surface area contributed by atoms with Gasteiger partial charge in [-0.1, -0.05) is 59.8 Å². The fourth-order valence-electron chi connectivity index (χ4n) is 3.10. The largest absolute Gasteiger partial charge is 0.339 e. The summed E-state index contributed by atoms with van der Waals surface area (Å²) in [5.41, 5.74) is 1.67. The Labute approximate surface area is 178 Å². The summed E-state index contributed by atoms with van der Waals surface area (Å²) >= 11 is 7.27. The van der Waals surface area contributed by atoms with Crippen molar-refractivity contribution in [1.82, 2.24) is 0 Å². The number of thioether (sulfide) groups is 1. The topological polar surface area (TPSA) is 40.6 Å². The van der Waals surface area contributed by atoms with Crippen LogP contribution in [0, 0.1) is 0 Å². The first-order valence-corrected chi connectivity index (χ1v) is 10.2. The smallest absolute Gasteiger partial charge is 0.283 e. The van der Waals surface area contributed by atoms with Crippen LogP contribution in [0.4, 0.5) is 11.4 Å². The van der Waals surface area contributed by atoms with Gasteiger partial charge in [0.05, 0.1) is 5.69 Å². The Balaban J connectivity index is 1.79. The molecule has 0 radical (unpaired) electrons. The summed E-state index contributed by atoms with van der Waals surface area (Å²) in [7, 11) is 1.80. The summed E-state index contributed by atoms with van der Waals surface area (Å²) in [5, 5.41) is 0.543. The maximum absolute atomic E-state index is 13.4. The quantitative estimate of drug-likeness (QED) is 0.521. The van der Waals surface area contributed by atoms with E-state index in [0.717, 1.165) is 10.6 Å². The van der Waals surface area contributed by atoms with Gasteiger partial charge in [0.25, 0.3) is 11.8 Å². The maximum atomic E-state index is 13.4. The van der Waals surface area contributed by atoms with E-state index in [4.69, 9.17) is 11.6 Å². The van der Waals surface area contributed by atoms with Gasteiger partial charge in [-0.2, -0.15) is 0 Å². The predicted molar refractivity (Wildman–Crippen MR) is 118 cm³/mol. The lowest BCUT2D eigenvalue weighted by atomic mass is 10.2. The molecule has 0 fully saturated rings. The summed E-state index contributed by atoms with van der Waals surface area (Å²) in [6.07, 6.45) is 0. The van der Waals surface area contributed by atoms with E-state index in [0.29, 0.717) is 21.3 Å². The molecule has 0 aromatic heterocycles. The fraction of sp³-hybridized carbons (Fsp3) is 0.0435. The minimum Gasteiger partial charge on any atom is -0.339 e. The summed E-state index contributed by atoms with van der Waals surface area (Å²) in [4.78, 5) is 30.9. The van der Waals surface area contributed by atoms with Crippen molar-refractivity contribution in [1.29, 1.82) is 0 Å². The van der Waals surface area contributed by atoms with Crippen LogP contribution < -0.4 is 9.80 Å². The number of hydrogen-bond donors (Lipinski definition) is 0. The van der Waals surface area contributed by atoms with E-state index >= 15 is 0 Å². The molecule has 4 nitrogen and oxygen atoms in total. The second kappa shape index (κ2) is 8.15. The monoisotopic (exact) mass is 420 g/mol. The third kappa shape index (κ3) is 3.79. The van der Waals surface area contributed by atoms with Crippen molar-refractivity contribution >= 4 is 46.6 Å². The van der Waals surface area contributed by atoms with Gasteiger partial charge in [0.1, 0.15) is 10.6 Å². The second-order valence-corrected chi connectivity index (χ2v) is 7.93. The van der Waals surface area contributed by atoms with Crippen LogP contribution in [-0.4, -0.2) is 18.9 Å². The first kappa shape index (κ1) is 19.3. The summed E-state index contributed by atoms with van der Waals surface area (Å²) < 4.78 is 0. The zero-order valence-electron chi connectivity index (χ0n) is 15.6. The Bertz CT molecular complexity index is 1080. The van der Waals surface area contributed by atoms with Crippen LogP contribution in [0.3, 0.4) is 0 Å². The maximum Gasteiger partial charge on any atom is 0.283 e.